The number of rotatable bonds is 5. The molecule has 1 aliphatic heterocycles. The van der Waals surface area contributed by atoms with Gasteiger partial charge in [-0.15, -0.1) is 0 Å². The Kier molecular flexibility index (Phi) is 6.58. The van der Waals surface area contributed by atoms with Crippen molar-refractivity contribution in [3.8, 4) is 11.6 Å². The van der Waals surface area contributed by atoms with Crippen LogP contribution in [0.15, 0.2) is 36.4 Å². The number of carbonyl (C=O) groups is 1. The van der Waals surface area contributed by atoms with Crippen molar-refractivity contribution < 1.29 is 23.6 Å². The maximum atomic E-state index is 12.2. The van der Waals surface area contributed by atoms with Crippen LogP contribution < -0.4 is 15.5 Å². The van der Waals surface area contributed by atoms with Gasteiger partial charge in [-0.3, -0.25) is 0 Å². The number of pyridine rings is 1. The Morgan fingerprint density at radius 3 is 2.34 bits per heavy atom. The summed E-state index contributed by atoms with van der Waals surface area (Å²) in [6.07, 6.45) is -0.496. The van der Waals surface area contributed by atoms with Gasteiger partial charge in [0.1, 0.15) is 11.4 Å². The fraction of sp³-hybridized carbons (Fsp3) is 0.500. The SMILES string of the molecule is Cc1cccc(Oc2ccc(B3OC(C)(C)C(C)(C)O3)c(CNC(=O)OC(C)(C)C)c2)n1. The predicted octanol–water partition coefficient (Wildman–Crippen LogP) is 4.51. The van der Waals surface area contributed by atoms with E-state index in [9.17, 15) is 4.79 Å². The van der Waals surface area contributed by atoms with Crippen molar-refractivity contribution in [2.24, 2.45) is 0 Å². The molecule has 0 unspecified atom stereocenters. The summed E-state index contributed by atoms with van der Waals surface area (Å²) in [6, 6.07) is 11.2. The Hall–Kier alpha value is -2.58. The van der Waals surface area contributed by atoms with Crippen molar-refractivity contribution in [1.82, 2.24) is 10.3 Å². The van der Waals surface area contributed by atoms with Gasteiger partial charge >= 0.3 is 13.2 Å². The number of aromatic nitrogens is 1. The van der Waals surface area contributed by atoms with Crippen LogP contribution in [0.5, 0.6) is 11.6 Å². The second kappa shape index (κ2) is 8.75. The molecule has 2 heterocycles. The number of hydrogen-bond acceptors (Lipinski definition) is 6. The van der Waals surface area contributed by atoms with E-state index < -0.39 is 30.0 Å². The van der Waals surface area contributed by atoms with Crippen LogP contribution in [-0.4, -0.2) is 35.0 Å². The van der Waals surface area contributed by atoms with Gasteiger partial charge in [-0.1, -0.05) is 12.1 Å². The first-order chi connectivity index (χ1) is 14.8. The monoisotopic (exact) mass is 440 g/mol. The fourth-order valence-corrected chi connectivity index (χ4v) is 3.18. The molecule has 1 N–H and O–H groups in total. The van der Waals surface area contributed by atoms with Gasteiger partial charge in [-0.2, -0.15) is 0 Å². The minimum atomic E-state index is -0.583. The minimum Gasteiger partial charge on any atom is -0.444 e. The first kappa shape index (κ1) is 24.1. The molecule has 8 heteroatoms. The van der Waals surface area contributed by atoms with Gasteiger partial charge in [0, 0.05) is 18.3 Å². The fourth-order valence-electron chi connectivity index (χ4n) is 3.18. The van der Waals surface area contributed by atoms with Crippen LogP contribution in [0, 0.1) is 6.92 Å². The first-order valence-electron chi connectivity index (χ1n) is 10.8. The summed E-state index contributed by atoms with van der Waals surface area (Å²) >= 11 is 0. The molecule has 2 aromatic rings. The zero-order valence-corrected chi connectivity index (χ0v) is 20.2. The lowest BCUT2D eigenvalue weighted by molar-refractivity contribution is 0.00578. The Labute approximate surface area is 191 Å². The molecule has 3 rings (SSSR count). The lowest BCUT2D eigenvalue weighted by Crippen LogP contribution is -2.41. The average Bonchev–Trinajstić information content (AvgIpc) is 2.86. The number of nitrogens with one attached hydrogen (secondary N) is 1. The van der Waals surface area contributed by atoms with Gasteiger partial charge in [-0.25, -0.2) is 9.78 Å². The summed E-state index contributed by atoms with van der Waals surface area (Å²) in [5.74, 6) is 1.10. The largest absolute Gasteiger partial charge is 0.495 e. The molecule has 0 saturated carbocycles. The molecule has 0 aliphatic carbocycles. The maximum absolute atomic E-state index is 12.2. The molecule has 1 saturated heterocycles. The number of nitrogens with zero attached hydrogens (tertiary/aromatic N) is 1. The summed E-state index contributed by atoms with van der Waals surface area (Å²) in [5, 5.41) is 2.82. The molecule has 7 nitrogen and oxygen atoms in total. The van der Waals surface area contributed by atoms with Gasteiger partial charge in [0.15, 0.2) is 0 Å². The third-order valence-electron chi connectivity index (χ3n) is 5.53. The maximum Gasteiger partial charge on any atom is 0.495 e. The van der Waals surface area contributed by atoms with Crippen LogP contribution in [-0.2, 0) is 20.6 Å². The molecular weight excluding hydrogens is 407 g/mol. The first-order valence-corrected chi connectivity index (χ1v) is 10.8. The van der Waals surface area contributed by atoms with E-state index in [-0.39, 0.29) is 6.54 Å². The van der Waals surface area contributed by atoms with Crippen molar-refractivity contribution in [1.29, 1.82) is 0 Å². The molecule has 1 aromatic carbocycles. The molecule has 1 fully saturated rings. The Bertz CT molecular complexity index is 969. The van der Waals surface area contributed by atoms with E-state index in [2.05, 4.69) is 10.3 Å². The Morgan fingerprint density at radius 1 is 1.09 bits per heavy atom. The second-order valence-electron chi connectivity index (χ2n) is 10.0. The quantitative estimate of drug-likeness (QED) is 0.690. The van der Waals surface area contributed by atoms with Gasteiger partial charge in [-0.05, 0) is 84.6 Å². The molecule has 172 valence electrons. The number of hydrogen-bond donors (Lipinski definition) is 1. The molecule has 0 atom stereocenters. The van der Waals surface area contributed by atoms with Crippen LogP contribution in [0.4, 0.5) is 4.79 Å². The van der Waals surface area contributed by atoms with E-state index >= 15 is 0 Å². The molecule has 1 aromatic heterocycles. The molecular formula is C24H33BN2O5. The van der Waals surface area contributed by atoms with Gasteiger partial charge in [0.25, 0.3) is 0 Å². The highest BCUT2D eigenvalue weighted by Gasteiger charge is 2.52. The number of amides is 1. The van der Waals surface area contributed by atoms with Crippen molar-refractivity contribution >= 4 is 18.7 Å². The zero-order valence-electron chi connectivity index (χ0n) is 20.2. The van der Waals surface area contributed by atoms with Crippen LogP contribution in [0.2, 0.25) is 0 Å². The summed E-state index contributed by atoms with van der Waals surface area (Å²) in [6.45, 7) is 15.6. The van der Waals surface area contributed by atoms with E-state index in [1.165, 1.54) is 0 Å². The third-order valence-corrected chi connectivity index (χ3v) is 5.53. The lowest BCUT2D eigenvalue weighted by Gasteiger charge is -2.32. The van der Waals surface area contributed by atoms with Gasteiger partial charge < -0.3 is 24.1 Å². The van der Waals surface area contributed by atoms with E-state index in [1.807, 2.05) is 85.7 Å². The second-order valence-corrected chi connectivity index (χ2v) is 10.0. The number of ether oxygens (including phenoxy) is 2. The standard InChI is InChI=1S/C24H33BN2O5/c1-16-10-9-11-20(27-16)29-18-12-13-19(25-31-23(5,6)24(7,8)32-25)17(14-18)15-26-21(28)30-22(2,3)4/h9-14H,15H2,1-8H3,(H,26,28). The molecule has 0 spiro atoms. The van der Waals surface area contributed by atoms with Crippen molar-refractivity contribution in [3.63, 3.8) is 0 Å². The summed E-state index contributed by atoms with van der Waals surface area (Å²) < 4.78 is 23.8. The van der Waals surface area contributed by atoms with Gasteiger partial charge in [0.2, 0.25) is 5.88 Å². The minimum absolute atomic E-state index is 0.229. The molecule has 0 radical (unpaired) electrons. The van der Waals surface area contributed by atoms with Crippen molar-refractivity contribution in [2.75, 3.05) is 0 Å². The predicted molar refractivity (Wildman–Crippen MR) is 124 cm³/mol. The summed E-state index contributed by atoms with van der Waals surface area (Å²) in [7, 11) is -0.568. The molecule has 1 aliphatic rings. The van der Waals surface area contributed by atoms with E-state index in [4.69, 9.17) is 18.8 Å². The summed E-state index contributed by atoms with van der Waals surface area (Å²) in [4.78, 5) is 16.6. The molecule has 32 heavy (non-hydrogen) atoms. The normalized spacial score (nSPS) is 17.2. The molecule has 1 amide bonds. The number of benzene rings is 1. The van der Waals surface area contributed by atoms with Crippen molar-refractivity contribution in [3.05, 3.63) is 47.7 Å². The van der Waals surface area contributed by atoms with Crippen molar-refractivity contribution in [2.45, 2.75) is 78.7 Å². The number of carbonyl (C=O) groups excluding carboxylic acids is 1. The highest BCUT2D eigenvalue weighted by atomic mass is 16.7. The van der Waals surface area contributed by atoms with Gasteiger partial charge in [0.05, 0.1) is 11.2 Å². The Balaban J connectivity index is 1.87. The third kappa shape index (κ3) is 5.81. The smallest absolute Gasteiger partial charge is 0.444 e. The average molecular weight is 440 g/mol. The topological polar surface area (TPSA) is 78.9 Å². The van der Waals surface area contributed by atoms with Crippen LogP contribution in [0.3, 0.4) is 0 Å². The molecule has 0 bridgehead atoms. The highest BCUT2D eigenvalue weighted by molar-refractivity contribution is 6.62. The van der Waals surface area contributed by atoms with E-state index in [0.29, 0.717) is 11.6 Å². The van der Waals surface area contributed by atoms with Crippen LogP contribution in [0.1, 0.15) is 59.7 Å². The van der Waals surface area contributed by atoms with Crippen LogP contribution >= 0.6 is 0 Å². The zero-order chi connectivity index (χ0) is 23.7. The number of aryl methyl sites for hydroxylation is 1. The highest BCUT2D eigenvalue weighted by Crippen LogP contribution is 2.37. The summed E-state index contributed by atoms with van der Waals surface area (Å²) in [5.41, 5.74) is 0.954. The lowest BCUT2D eigenvalue weighted by atomic mass is 9.76. The van der Waals surface area contributed by atoms with Crippen LogP contribution in [0.25, 0.3) is 0 Å². The number of alkyl carbamates (subject to hydrolysis) is 1. The van der Waals surface area contributed by atoms with E-state index in [0.717, 1.165) is 16.7 Å². The Morgan fingerprint density at radius 2 is 1.75 bits per heavy atom. The van der Waals surface area contributed by atoms with E-state index in [1.54, 1.807) is 6.07 Å².